The highest BCUT2D eigenvalue weighted by Crippen LogP contribution is 2.21. The van der Waals surface area contributed by atoms with Gasteiger partial charge in [-0.05, 0) is 40.5 Å². The lowest BCUT2D eigenvalue weighted by molar-refractivity contribution is 0.142. The summed E-state index contributed by atoms with van der Waals surface area (Å²) in [4.78, 5) is 0. The van der Waals surface area contributed by atoms with Gasteiger partial charge in [-0.2, -0.15) is 0 Å². The molecule has 0 bridgehead atoms. The van der Waals surface area contributed by atoms with Crippen molar-refractivity contribution in [2.45, 2.75) is 19.4 Å². The Kier molecular flexibility index (Phi) is 4.60. The van der Waals surface area contributed by atoms with E-state index >= 15 is 0 Å². The molecule has 1 unspecified atom stereocenters. The summed E-state index contributed by atoms with van der Waals surface area (Å²) in [6.45, 7) is 1.39. The Balaban J connectivity index is 2.65. The first kappa shape index (κ1) is 12.5. The van der Waals surface area contributed by atoms with Crippen LogP contribution in [0.5, 0.6) is 0 Å². The van der Waals surface area contributed by atoms with E-state index in [-0.39, 0.29) is 18.4 Å². The molecule has 0 aliphatic carbocycles. The zero-order valence-electron chi connectivity index (χ0n) is 8.11. The number of alkyl halides is 2. The lowest BCUT2D eigenvalue weighted by atomic mass is 10.1. The van der Waals surface area contributed by atoms with Gasteiger partial charge < -0.3 is 5.32 Å². The summed E-state index contributed by atoms with van der Waals surface area (Å²) in [7, 11) is 0. The van der Waals surface area contributed by atoms with E-state index in [1.807, 2.05) is 0 Å². The Morgan fingerprint density at radius 1 is 1.40 bits per heavy atom. The van der Waals surface area contributed by atoms with Crippen LogP contribution in [-0.2, 0) is 0 Å². The van der Waals surface area contributed by atoms with E-state index in [0.717, 1.165) is 5.56 Å². The smallest absolute Gasteiger partial charge is 0.250 e. The van der Waals surface area contributed by atoms with Gasteiger partial charge in [0.2, 0.25) is 0 Å². The minimum atomic E-state index is -2.38. The van der Waals surface area contributed by atoms with Crippen LogP contribution in [-0.4, -0.2) is 13.0 Å². The molecule has 5 heteroatoms. The Hall–Kier alpha value is -0.550. The molecule has 1 aromatic rings. The van der Waals surface area contributed by atoms with E-state index in [0.29, 0.717) is 4.47 Å². The number of rotatable bonds is 4. The molecule has 1 nitrogen and oxygen atoms in total. The molecule has 1 N–H and O–H groups in total. The molecule has 0 aliphatic rings. The molecule has 0 aliphatic heterocycles. The van der Waals surface area contributed by atoms with E-state index in [2.05, 4.69) is 21.2 Å². The second-order valence-corrected chi connectivity index (χ2v) is 4.05. The van der Waals surface area contributed by atoms with Gasteiger partial charge in [0.15, 0.2) is 0 Å². The van der Waals surface area contributed by atoms with E-state index < -0.39 is 6.43 Å². The summed E-state index contributed by atoms with van der Waals surface area (Å²) >= 11 is 3.04. The van der Waals surface area contributed by atoms with Crippen LogP contribution in [0.15, 0.2) is 22.7 Å². The molecule has 0 aromatic heterocycles. The van der Waals surface area contributed by atoms with Crippen LogP contribution in [0.1, 0.15) is 18.5 Å². The zero-order chi connectivity index (χ0) is 11.4. The largest absolute Gasteiger partial charge is 0.305 e. The van der Waals surface area contributed by atoms with Gasteiger partial charge in [-0.25, -0.2) is 13.2 Å². The van der Waals surface area contributed by atoms with Crippen LogP contribution in [0.3, 0.4) is 0 Å². The SMILES string of the molecule is CC(NCC(F)F)c1ccc(F)c(Br)c1. The van der Waals surface area contributed by atoms with Crippen molar-refractivity contribution >= 4 is 15.9 Å². The van der Waals surface area contributed by atoms with Crippen molar-refractivity contribution in [2.75, 3.05) is 6.54 Å². The second kappa shape index (κ2) is 5.51. The summed E-state index contributed by atoms with van der Waals surface area (Å²) in [6.07, 6.45) is -2.38. The lowest BCUT2D eigenvalue weighted by Gasteiger charge is -2.14. The number of nitrogens with one attached hydrogen (secondary N) is 1. The van der Waals surface area contributed by atoms with E-state index in [1.54, 1.807) is 19.1 Å². The topological polar surface area (TPSA) is 12.0 Å². The van der Waals surface area contributed by atoms with Crippen molar-refractivity contribution in [3.8, 4) is 0 Å². The first-order valence-corrected chi connectivity index (χ1v) is 5.26. The van der Waals surface area contributed by atoms with Gasteiger partial charge >= 0.3 is 0 Å². The van der Waals surface area contributed by atoms with Crippen LogP contribution >= 0.6 is 15.9 Å². The van der Waals surface area contributed by atoms with Crippen LogP contribution in [0.4, 0.5) is 13.2 Å². The van der Waals surface area contributed by atoms with Gasteiger partial charge in [0.1, 0.15) is 5.82 Å². The molecular weight excluding hydrogens is 271 g/mol. The minimum absolute atomic E-state index is 0.226. The molecule has 0 radical (unpaired) electrons. The first-order valence-electron chi connectivity index (χ1n) is 4.47. The van der Waals surface area contributed by atoms with Crippen LogP contribution in [0.2, 0.25) is 0 Å². The summed E-state index contributed by atoms with van der Waals surface area (Å²) in [5.74, 6) is -0.361. The highest BCUT2D eigenvalue weighted by atomic mass is 79.9. The maximum Gasteiger partial charge on any atom is 0.250 e. The second-order valence-electron chi connectivity index (χ2n) is 3.19. The molecule has 1 aromatic carbocycles. The Bertz CT molecular complexity index is 330. The normalized spacial score (nSPS) is 13.2. The fraction of sp³-hybridized carbons (Fsp3) is 0.400. The summed E-state index contributed by atoms with van der Waals surface area (Å²) in [6, 6.07) is 4.23. The molecule has 0 spiro atoms. The third kappa shape index (κ3) is 3.83. The average molecular weight is 282 g/mol. The predicted octanol–water partition coefficient (Wildman–Crippen LogP) is 3.50. The van der Waals surface area contributed by atoms with E-state index in [9.17, 15) is 13.2 Å². The maximum absolute atomic E-state index is 12.9. The van der Waals surface area contributed by atoms with Crippen molar-refractivity contribution in [1.29, 1.82) is 0 Å². The van der Waals surface area contributed by atoms with Gasteiger partial charge in [0, 0.05) is 6.04 Å². The molecule has 1 atom stereocenters. The summed E-state index contributed by atoms with van der Waals surface area (Å²) in [5, 5.41) is 2.65. The van der Waals surface area contributed by atoms with Gasteiger partial charge in [0.05, 0.1) is 11.0 Å². The summed E-state index contributed by atoms with van der Waals surface area (Å²) < 4.78 is 37.1. The molecule has 1 rings (SSSR count). The first-order chi connectivity index (χ1) is 7.00. The standard InChI is InChI=1S/C10H11BrF3N/c1-6(15-5-10(13)14)7-2-3-9(12)8(11)4-7/h2-4,6,10,15H,5H2,1H3. The van der Waals surface area contributed by atoms with Gasteiger partial charge in [0.25, 0.3) is 6.43 Å². The molecule has 0 saturated carbocycles. The van der Waals surface area contributed by atoms with E-state index in [4.69, 9.17) is 0 Å². The zero-order valence-corrected chi connectivity index (χ0v) is 9.69. The van der Waals surface area contributed by atoms with Crippen molar-refractivity contribution in [3.05, 3.63) is 34.1 Å². The highest BCUT2D eigenvalue weighted by Gasteiger charge is 2.09. The molecule has 0 heterocycles. The fourth-order valence-corrected chi connectivity index (χ4v) is 1.56. The fourth-order valence-electron chi connectivity index (χ4n) is 1.17. The van der Waals surface area contributed by atoms with Crippen LogP contribution in [0.25, 0.3) is 0 Å². The maximum atomic E-state index is 12.9. The number of hydrogen-bond acceptors (Lipinski definition) is 1. The lowest BCUT2D eigenvalue weighted by Crippen LogP contribution is -2.24. The summed E-state index contributed by atoms with van der Waals surface area (Å²) in [5.41, 5.74) is 0.768. The quantitative estimate of drug-likeness (QED) is 0.891. The van der Waals surface area contributed by atoms with Crippen molar-refractivity contribution in [2.24, 2.45) is 0 Å². The Labute approximate surface area is 94.8 Å². The van der Waals surface area contributed by atoms with Crippen molar-refractivity contribution < 1.29 is 13.2 Å². The number of hydrogen-bond donors (Lipinski definition) is 1. The van der Waals surface area contributed by atoms with Crippen molar-refractivity contribution in [1.82, 2.24) is 5.32 Å². The van der Waals surface area contributed by atoms with Gasteiger partial charge in [-0.3, -0.25) is 0 Å². The van der Waals surface area contributed by atoms with Crippen LogP contribution < -0.4 is 5.32 Å². The number of benzene rings is 1. The molecule has 0 fully saturated rings. The van der Waals surface area contributed by atoms with Crippen molar-refractivity contribution in [3.63, 3.8) is 0 Å². The monoisotopic (exact) mass is 281 g/mol. The molecule has 0 amide bonds. The highest BCUT2D eigenvalue weighted by molar-refractivity contribution is 9.10. The average Bonchev–Trinajstić information content (AvgIpc) is 2.18. The molecule has 84 valence electrons. The molecule has 0 saturated heterocycles. The third-order valence-electron chi connectivity index (χ3n) is 2.02. The third-order valence-corrected chi connectivity index (χ3v) is 2.63. The molecular formula is C10H11BrF3N. The predicted molar refractivity (Wildman–Crippen MR) is 56.5 cm³/mol. The Morgan fingerprint density at radius 3 is 2.60 bits per heavy atom. The van der Waals surface area contributed by atoms with E-state index in [1.165, 1.54) is 6.07 Å². The van der Waals surface area contributed by atoms with Crippen LogP contribution in [0, 0.1) is 5.82 Å². The van der Waals surface area contributed by atoms with Gasteiger partial charge in [-0.15, -0.1) is 0 Å². The van der Waals surface area contributed by atoms with Gasteiger partial charge in [-0.1, -0.05) is 6.07 Å². The number of halogens is 4. The Morgan fingerprint density at radius 2 is 2.07 bits per heavy atom. The molecule has 15 heavy (non-hydrogen) atoms. The minimum Gasteiger partial charge on any atom is -0.305 e.